The minimum absolute atomic E-state index is 0.256. The first-order valence-electron chi connectivity index (χ1n) is 7.42. The van der Waals surface area contributed by atoms with Crippen molar-refractivity contribution >= 4 is 5.97 Å². The van der Waals surface area contributed by atoms with Crippen molar-refractivity contribution in [2.24, 2.45) is 0 Å². The fourth-order valence-electron chi connectivity index (χ4n) is 3.18. The molecule has 2 aliphatic heterocycles. The van der Waals surface area contributed by atoms with Gasteiger partial charge in [-0.25, -0.2) is 0 Å². The number of fused-ring (bicyclic) bond motifs is 1. The van der Waals surface area contributed by atoms with Crippen LogP contribution in [0.15, 0.2) is 18.2 Å². The highest BCUT2D eigenvalue weighted by Gasteiger charge is 2.36. The molecule has 1 aromatic rings. The van der Waals surface area contributed by atoms with Gasteiger partial charge in [0.05, 0.1) is 19.8 Å². The van der Waals surface area contributed by atoms with Crippen molar-refractivity contribution in [3.63, 3.8) is 0 Å². The Kier molecular flexibility index (Phi) is 4.12. The quantitative estimate of drug-likeness (QED) is 0.831. The molecule has 114 valence electrons. The van der Waals surface area contributed by atoms with Crippen LogP contribution in [0.5, 0.6) is 5.75 Å². The summed E-state index contributed by atoms with van der Waals surface area (Å²) in [4.78, 5) is 13.8. The zero-order chi connectivity index (χ0) is 14.8. The Morgan fingerprint density at radius 2 is 2.38 bits per heavy atom. The minimum atomic E-state index is -0.442. The maximum absolute atomic E-state index is 11.7. The number of methoxy groups -OCH3 is 1. The fraction of sp³-hybridized carbons (Fsp3) is 0.562. The van der Waals surface area contributed by atoms with Gasteiger partial charge in [0.1, 0.15) is 11.8 Å². The number of aliphatic hydroxyl groups excluding tert-OH is 1. The summed E-state index contributed by atoms with van der Waals surface area (Å²) < 4.78 is 10.3. The summed E-state index contributed by atoms with van der Waals surface area (Å²) in [5.74, 6) is 0.733. The largest absolute Gasteiger partial charge is 0.493 e. The van der Waals surface area contributed by atoms with Crippen LogP contribution in [0.1, 0.15) is 17.5 Å². The molecule has 3 rings (SSSR count). The fourth-order valence-corrected chi connectivity index (χ4v) is 3.18. The van der Waals surface area contributed by atoms with E-state index in [1.807, 2.05) is 11.0 Å². The van der Waals surface area contributed by atoms with Gasteiger partial charge in [0.2, 0.25) is 0 Å². The van der Waals surface area contributed by atoms with Crippen LogP contribution < -0.4 is 4.74 Å². The van der Waals surface area contributed by atoms with Crippen LogP contribution >= 0.6 is 0 Å². The number of carbonyl (C=O) groups excluding carboxylic acids is 1. The lowest BCUT2D eigenvalue weighted by Crippen LogP contribution is -2.38. The number of benzene rings is 1. The van der Waals surface area contributed by atoms with Crippen LogP contribution in [0.4, 0.5) is 0 Å². The van der Waals surface area contributed by atoms with E-state index in [1.165, 1.54) is 18.2 Å². The highest BCUT2D eigenvalue weighted by Crippen LogP contribution is 2.26. The Hall–Kier alpha value is -1.59. The Balaban J connectivity index is 1.62. The number of aliphatic hydroxyl groups is 1. The van der Waals surface area contributed by atoms with Gasteiger partial charge < -0.3 is 14.6 Å². The lowest BCUT2D eigenvalue weighted by atomic mass is 10.1. The lowest BCUT2D eigenvalue weighted by Gasteiger charge is -2.21. The van der Waals surface area contributed by atoms with Crippen LogP contribution in [0.2, 0.25) is 0 Å². The summed E-state index contributed by atoms with van der Waals surface area (Å²) in [7, 11) is 1.39. The van der Waals surface area contributed by atoms with Gasteiger partial charge in [-0.15, -0.1) is 0 Å². The van der Waals surface area contributed by atoms with E-state index >= 15 is 0 Å². The molecule has 0 saturated carbocycles. The van der Waals surface area contributed by atoms with Gasteiger partial charge in [-0.2, -0.15) is 0 Å². The second-order valence-electron chi connectivity index (χ2n) is 5.71. The van der Waals surface area contributed by atoms with Crippen LogP contribution in [0, 0.1) is 0 Å². The Morgan fingerprint density at radius 3 is 3.19 bits per heavy atom. The van der Waals surface area contributed by atoms with E-state index in [9.17, 15) is 9.90 Å². The van der Waals surface area contributed by atoms with Gasteiger partial charge in [-0.05, 0) is 23.6 Å². The second kappa shape index (κ2) is 6.03. The normalized spacial score (nSPS) is 24.7. The molecule has 1 N–H and O–H groups in total. The standard InChI is InChI=1S/C16H21NO4/c1-20-16(19)14-9-13(18)10-17(14)6-4-11-2-3-15-12(8-11)5-7-21-15/h2-3,8,13-14,18H,4-7,9-10H2,1H3/t13-,14-/m0/s1. The number of likely N-dealkylation sites (tertiary alicyclic amines) is 1. The lowest BCUT2D eigenvalue weighted by molar-refractivity contribution is -0.145. The van der Waals surface area contributed by atoms with Crippen molar-refractivity contribution in [2.75, 3.05) is 26.8 Å². The summed E-state index contributed by atoms with van der Waals surface area (Å²) in [5.41, 5.74) is 2.50. The molecule has 0 unspecified atom stereocenters. The minimum Gasteiger partial charge on any atom is -0.493 e. The molecule has 0 radical (unpaired) electrons. The van der Waals surface area contributed by atoms with Crippen molar-refractivity contribution in [1.82, 2.24) is 4.90 Å². The highest BCUT2D eigenvalue weighted by molar-refractivity contribution is 5.76. The molecular formula is C16H21NO4. The molecule has 1 fully saturated rings. The van der Waals surface area contributed by atoms with Crippen molar-refractivity contribution in [1.29, 1.82) is 0 Å². The molecule has 2 aliphatic rings. The van der Waals surface area contributed by atoms with Crippen molar-refractivity contribution in [3.8, 4) is 5.75 Å². The molecule has 5 heteroatoms. The average molecular weight is 291 g/mol. The van der Waals surface area contributed by atoms with E-state index in [0.717, 1.165) is 31.7 Å². The Labute approximate surface area is 124 Å². The molecule has 1 saturated heterocycles. The van der Waals surface area contributed by atoms with E-state index in [2.05, 4.69) is 12.1 Å². The van der Waals surface area contributed by atoms with Crippen LogP contribution in [0.3, 0.4) is 0 Å². The first kappa shape index (κ1) is 14.4. The third-order valence-electron chi connectivity index (χ3n) is 4.30. The topological polar surface area (TPSA) is 59.0 Å². The highest BCUT2D eigenvalue weighted by atomic mass is 16.5. The van der Waals surface area contributed by atoms with E-state index in [4.69, 9.17) is 9.47 Å². The van der Waals surface area contributed by atoms with Gasteiger partial charge in [0.15, 0.2) is 0 Å². The molecule has 0 amide bonds. The maximum Gasteiger partial charge on any atom is 0.323 e. The number of hydrogen-bond acceptors (Lipinski definition) is 5. The Bertz CT molecular complexity index is 531. The average Bonchev–Trinajstić information content (AvgIpc) is 3.09. The van der Waals surface area contributed by atoms with Gasteiger partial charge in [0.25, 0.3) is 0 Å². The number of ether oxygens (including phenoxy) is 2. The molecule has 2 atom stereocenters. The zero-order valence-electron chi connectivity index (χ0n) is 12.2. The molecule has 21 heavy (non-hydrogen) atoms. The third kappa shape index (κ3) is 3.04. The molecule has 1 aromatic carbocycles. The molecule has 2 heterocycles. The number of β-amino-alcohol motifs (C(OH)–C–C–N with tert-alkyl or cyclic N) is 1. The van der Waals surface area contributed by atoms with Gasteiger partial charge in [-0.1, -0.05) is 12.1 Å². The third-order valence-corrected chi connectivity index (χ3v) is 4.30. The summed E-state index contributed by atoms with van der Waals surface area (Å²) in [6.07, 6.45) is 1.84. The number of carbonyl (C=O) groups is 1. The molecule has 0 spiro atoms. The monoisotopic (exact) mass is 291 g/mol. The molecule has 0 aliphatic carbocycles. The van der Waals surface area contributed by atoms with E-state index in [-0.39, 0.29) is 12.0 Å². The van der Waals surface area contributed by atoms with Crippen LogP contribution in [-0.4, -0.2) is 54.9 Å². The van der Waals surface area contributed by atoms with Crippen LogP contribution in [-0.2, 0) is 22.4 Å². The number of nitrogens with zero attached hydrogens (tertiary/aromatic N) is 1. The summed E-state index contributed by atoms with van der Waals surface area (Å²) in [5, 5.41) is 9.77. The van der Waals surface area contributed by atoms with E-state index in [1.54, 1.807) is 0 Å². The molecular weight excluding hydrogens is 270 g/mol. The van der Waals surface area contributed by atoms with Crippen molar-refractivity contribution in [3.05, 3.63) is 29.3 Å². The number of rotatable bonds is 4. The zero-order valence-corrected chi connectivity index (χ0v) is 12.2. The first-order valence-corrected chi connectivity index (χ1v) is 7.42. The van der Waals surface area contributed by atoms with E-state index < -0.39 is 6.10 Å². The Morgan fingerprint density at radius 1 is 1.52 bits per heavy atom. The summed E-state index contributed by atoms with van der Waals surface area (Å²) >= 11 is 0. The number of hydrogen-bond donors (Lipinski definition) is 1. The van der Waals surface area contributed by atoms with E-state index in [0.29, 0.717) is 13.0 Å². The molecule has 0 aromatic heterocycles. The summed E-state index contributed by atoms with van der Waals surface area (Å²) in [6, 6.07) is 5.96. The van der Waals surface area contributed by atoms with Crippen molar-refractivity contribution < 1.29 is 19.4 Å². The second-order valence-corrected chi connectivity index (χ2v) is 5.71. The predicted molar refractivity (Wildman–Crippen MR) is 77.3 cm³/mol. The van der Waals surface area contributed by atoms with Crippen molar-refractivity contribution in [2.45, 2.75) is 31.4 Å². The van der Waals surface area contributed by atoms with Gasteiger partial charge in [0, 0.05) is 25.9 Å². The maximum atomic E-state index is 11.7. The van der Waals surface area contributed by atoms with Crippen LogP contribution in [0.25, 0.3) is 0 Å². The first-order chi connectivity index (χ1) is 10.2. The smallest absolute Gasteiger partial charge is 0.323 e. The van der Waals surface area contributed by atoms with Gasteiger partial charge >= 0.3 is 5.97 Å². The molecule has 5 nitrogen and oxygen atoms in total. The number of esters is 1. The SMILES string of the molecule is COC(=O)[C@@H]1C[C@H](O)CN1CCc1ccc2c(c1)CCO2. The molecule has 0 bridgehead atoms. The van der Waals surface area contributed by atoms with Gasteiger partial charge in [-0.3, -0.25) is 9.69 Å². The predicted octanol–water partition coefficient (Wildman–Crippen LogP) is 0.772. The summed E-state index contributed by atoms with van der Waals surface area (Å²) in [6.45, 7) is 2.05.